The predicted octanol–water partition coefficient (Wildman–Crippen LogP) is 2.53. The number of aliphatic hydroxyl groups excluding tert-OH is 1. The van der Waals surface area contributed by atoms with E-state index in [-0.39, 0.29) is 24.9 Å². The highest BCUT2D eigenvalue weighted by Crippen LogP contribution is 2.30. The number of aliphatic hydroxyl groups is 1. The molecule has 2 aliphatic heterocycles. The average molecular weight is 432 g/mol. The molecule has 2 aromatic heterocycles. The van der Waals surface area contributed by atoms with Crippen molar-refractivity contribution in [1.82, 2.24) is 15.0 Å². The molecule has 3 aromatic rings. The van der Waals surface area contributed by atoms with E-state index in [0.29, 0.717) is 41.8 Å². The summed E-state index contributed by atoms with van der Waals surface area (Å²) in [4.78, 5) is 12.1. The minimum atomic E-state index is -0.617. The fourth-order valence-corrected chi connectivity index (χ4v) is 4.04. The van der Waals surface area contributed by atoms with Crippen molar-refractivity contribution >= 4 is 22.8 Å². The van der Waals surface area contributed by atoms with Crippen molar-refractivity contribution in [2.45, 2.75) is 37.3 Å². The number of para-hydroxylation sites is 1. The SMILES string of the molecule is O[C@@H]1CO[C@H]2[C@@H]1OC[C@H]2Oc1nc2nc(CCCOc3ccccc3)c(Cl)cc2[nH]1. The highest BCUT2D eigenvalue weighted by atomic mass is 35.5. The second-order valence-electron chi connectivity index (χ2n) is 7.41. The van der Waals surface area contributed by atoms with Crippen LogP contribution in [0.3, 0.4) is 0 Å². The predicted molar refractivity (Wildman–Crippen MR) is 109 cm³/mol. The molecule has 0 saturated carbocycles. The molecular formula is C21H22ClN3O5. The molecular weight excluding hydrogens is 410 g/mol. The molecule has 0 bridgehead atoms. The van der Waals surface area contributed by atoms with Gasteiger partial charge in [0.1, 0.15) is 24.1 Å². The Morgan fingerprint density at radius 1 is 1.13 bits per heavy atom. The van der Waals surface area contributed by atoms with Crippen molar-refractivity contribution in [3.63, 3.8) is 0 Å². The molecule has 158 valence electrons. The van der Waals surface area contributed by atoms with Gasteiger partial charge in [0.15, 0.2) is 11.8 Å². The summed E-state index contributed by atoms with van der Waals surface area (Å²) >= 11 is 6.41. The Labute approximate surface area is 178 Å². The van der Waals surface area contributed by atoms with E-state index in [1.165, 1.54) is 0 Å². The van der Waals surface area contributed by atoms with Crippen LogP contribution in [0.25, 0.3) is 11.2 Å². The van der Waals surface area contributed by atoms with Gasteiger partial charge in [-0.25, -0.2) is 4.98 Å². The van der Waals surface area contributed by atoms with Gasteiger partial charge in [-0.05, 0) is 31.0 Å². The second kappa shape index (κ2) is 8.39. The number of imidazole rings is 1. The normalized spacial score (nSPS) is 25.5. The number of rotatable bonds is 7. The maximum Gasteiger partial charge on any atom is 0.296 e. The van der Waals surface area contributed by atoms with Gasteiger partial charge in [-0.3, -0.25) is 0 Å². The molecule has 0 spiro atoms. The number of hydrogen-bond acceptors (Lipinski definition) is 7. The van der Waals surface area contributed by atoms with E-state index in [9.17, 15) is 5.11 Å². The van der Waals surface area contributed by atoms with Crippen molar-refractivity contribution in [2.75, 3.05) is 19.8 Å². The van der Waals surface area contributed by atoms with Crippen LogP contribution in [0.5, 0.6) is 11.8 Å². The van der Waals surface area contributed by atoms with Crippen LogP contribution in [-0.2, 0) is 15.9 Å². The number of halogens is 1. The zero-order chi connectivity index (χ0) is 20.5. The molecule has 0 aliphatic carbocycles. The van der Waals surface area contributed by atoms with Crippen LogP contribution in [0, 0.1) is 0 Å². The molecule has 9 heteroatoms. The number of aromatic amines is 1. The third-order valence-corrected chi connectivity index (χ3v) is 5.62. The summed E-state index contributed by atoms with van der Waals surface area (Å²) in [5.74, 6) is 0.845. The van der Waals surface area contributed by atoms with Gasteiger partial charge in [-0.2, -0.15) is 4.98 Å². The van der Waals surface area contributed by atoms with Gasteiger partial charge >= 0.3 is 0 Å². The summed E-state index contributed by atoms with van der Waals surface area (Å²) in [6.07, 6.45) is -0.146. The fourth-order valence-electron chi connectivity index (χ4n) is 3.80. The number of nitrogens with one attached hydrogen (secondary N) is 1. The first-order valence-electron chi connectivity index (χ1n) is 9.98. The number of pyridine rings is 1. The van der Waals surface area contributed by atoms with Crippen molar-refractivity contribution in [2.24, 2.45) is 0 Å². The molecule has 4 heterocycles. The Bertz CT molecular complexity index is 1010. The number of benzene rings is 1. The Kier molecular flexibility index (Phi) is 5.47. The van der Waals surface area contributed by atoms with Crippen LogP contribution in [0.1, 0.15) is 12.1 Å². The molecule has 8 nitrogen and oxygen atoms in total. The van der Waals surface area contributed by atoms with Gasteiger partial charge in [0, 0.05) is 0 Å². The second-order valence-corrected chi connectivity index (χ2v) is 7.82. The number of aryl methyl sites for hydroxylation is 1. The molecule has 30 heavy (non-hydrogen) atoms. The summed E-state index contributed by atoms with van der Waals surface area (Å²) in [5.41, 5.74) is 2.00. The molecule has 4 atom stereocenters. The van der Waals surface area contributed by atoms with Crippen molar-refractivity contribution in [3.8, 4) is 11.8 Å². The Balaban J connectivity index is 1.22. The molecule has 2 aliphatic rings. The first kappa shape index (κ1) is 19.6. The van der Waals surface area contributed by atoms with Gasteiger partial charge in [0.25, 0.3) is 6.01 Å². The fraction of sp³-hybridized carbons (Fsp3) is 0.429. The molecule has 2 saturated heterocycles. The lowest BCUT2D eigenvalue weighted by atomic mass is 10.1. The van der Waals surface area contributed by atoms with E-state index in [4.69, 9.17) is 30.5 Å². The summed E-state index contributed by atoms with van der Waals surface area (Å²) in [7, 11) is 0. The summed E-state index contributed by atoms with van der Waals surface area (Å²) in [6, 6.07) is 11.8. The van der Waals surface area contributed by atoms with Crippen molar-refractivity contribution in [3.05, 3.63) is 47.1 Å². The summed E-state index contributed by atoms with van der Waals surface area (Å²) in [5, 5.41) is 10.4. The number of ether oxygens (including phenoxy) is 4. The van der Waals surface area contributed by atoms with E-state index in [2.05, 4.69) is 15.0 Å². The zero-order valence-corrected chi connectivity index (χ0v) is 16.9. The monoisotopic (exact) mass is 431 g/mol. The molecule has 0 radical (unpaired) electrons. The number of H-pyrrole nitrogens is 1. The van der Waals surface area contributed by atoms with Crippen molar-refractivity contribution in [1.29, 1.82) is 0 Å². The lowest BCUT2D eigenvalue weighted by Gasteiger charge is -2.15. The minimum Gasteiger partial charge on any atom is -0.494 e. The molecule has 2 fully saturated rings. The van der Waals surface area contributed by atoms with Gasteiger partial charge < -0.3 is 29.0 Å². The quantitative estimate of drug-likeness (QED) is 0.554. The van der Waals surface area contributed by atoms with Gasteiger partial charge in [-0.1, -0.05) is 29.8 Å². The maximum atomic E-state index is 9.85. The van der Waals surface area contributed by atoms with E-state index >= 15 is 0 Å². The van der Waals surface area contributed by atoms with Gasteiger partial charge in [0.2, 0.25) is 0 Å². The molecule has 2 N–H and O–H groups in total. The Morgan fingerprint density at radius 2 is 1.97 bits per heavy atom. The van der Waals surface area contributed by atoms with Gasteiger partial charge in [0.05, 0.1) is 36.1 Å². The third kappa shape index (κ3) is 3.96. The lowest BCUT2D eigenvalue weighted by molar-refractivity contribution is 0.00706. The highest BCUT2D eigenvalue weighted by Gasteiger charge is 2.48. The van der Waals surface area contributed by atoms with Crippen LogP contribution in [0.15, 0.2) is 36.4 Å². The highest BCUT2D eigenvalue weighted by molar-refractivity contribution is 6.31. The number of nitrogens with zero attached hydrogens (tertiary/aromatic N) is 2. The summed E-state index contributed by atoms with van der Waals surface area (Å²) < 4.78 is 22.8. The number of hydrogen-bond donors (Lipinski definition) is 2. The average Bonchev–Trinajstić information content (AvgIpc) is 3.43. The smallest absolute Gasteiger partial charge is 0.296 e. The van der Waals surface area contributed by atoms with E-state index in [1.54, 1.807) is 6.07 Å². The summed E-state index contributed by atoms with van der Waals surface area (Å²) in [6.45, 7) is 1.17. The number of fused-ring (bicyclic) bond motifs is 2. The minimum absolute atomic E-state index is 0.254. The van der Waals surface area contributed by atoms with E-state index in [1.807, 2.05) is 30.3 Å². The van der Waals surface area contributed by atoms with E-state index < -0.39 is 6.10 Å². The van der Waals surface area contributed by atoms with Crippen LogP contribution >= 0.6 is 11.6 Å². The lowest BCUT2D eigenvalue weighted by Crippen LogP contribution is -2.34. The number of aromatic nitrogens is 3. The Hall–Kier alpha value is -2.39. The molecule has 5 rings (SSSR count). The van der Waals surface area contributed by atoms with Crippen LogP contribution < -0.4 is 9.47 Å². The van der Waals surface area contributed by atoms with Crippen LogP contribution in [-0.4, -0.2) is 64.3 Å². The van der Waals surface area contributed by atoms with Gasteiger partial charge in [-0.15, -0.1) is 0 Å². The first-order valence-corrected chi connectivity index (χ1v) is 10.4. The Morgan fingerprint density at radius 3 is 2.83 bits per heavy atom. The first-order chi connectivity index (χ1) is 14.7. The zero-order valence-electron chi connectivity index (χ0n) is 16.2. The van der Waals surface area contributed by atoms with E-state index in [0.717, 1.165) is 17.9 Å². The van der Waals surface area contributed by atoms with Crippen LogP contribution in [0.2, 0.25) is 5.02 Å². The van der Waals surface area contributed by atoms with Crippen LogP contribution in [0.4, 0.5) is 0 Å². The molecule has 0 amide bonds. The molecule has 1 aromatic carbocycles. The topological polar surface area (TPSA) is 98.7 Å². The third-order valence-electron chi connectivity index (χ3n) is 5.29. The largest absolute Gasteiger partial charge is 0.494 e. The standard InChI is InChI=1S/C21H22ClN3O5/c22-13-9-15-20(23-14(13)7-4-8-27-12-5-2-1-3-6-12)25-21(24-15)30-17-11-29-18-16(26)10-28-19(17)18/h1-3,5-6,9,16-19,26H,4,7-8,10-11H2,(H,23,24,25)/t16-,17-,18-,19-/m1/s1. The maximum absolute atomic E-state index is 9.85. The van der Waals surface area contributed by atoms with Crippen molar-refractivity contribution < 1.29 is 24.1 Å². The molecule has 0 unspecified atom stereocenters.